The minimum atomic E-state index is -0.571. The topological polar surface area (TPSA) is 80.5 Å². The summed E-state index contributed by atoms with van der Waals surface area (Å²) in [7, 11) is 0. The SMILES string of the molecule is N#Cc1cc(-c2nc(-c3ccccc3)nc(-c3ccccc3)n2)c2oc3ccccc3c2c1-n1c2ccccc2c2c3c(ccc21)-c1ccccc1C31c2ccccc2-c2ccccc21. The van der Waals surface area contributed by atoms with E-state index in [-0.39, 0.29) is 0 Å². The van der Waals surface area contributed by atoms with Gasteiger partial charge >= 0.3 is 0 Å². The molecule has 0 atom stereocenters. The zero-order valence-electron chi connectivity index (χ0n) is 34.7. The maximum Gasteiger partial charge on any atom is 0.167 e. The van der Waals surface area contributed by atoms with Gasteiger partial charge in [-0.2, -0.15) is 5.26 Å². The fourth-order valence-corrected chi connectivity index (χ4v) is 11.2. The molecule has 0 saturated heterocycles. The second-order valence-electron chi connectivity index (χ2n) is 16.9. The summed E-state index contributed by atoms with van der Waals surface area (Å²) in [5, 5.41) is 15.5. The molecule has 65 heavy (non-hydrogen) atoms. The lowest BCUT2D eigenvalue weighted by molar-refractivity contribution is 0.669. The molecule has 0 saturated carbocycles. The van der Waals surface area contributed by atoms with Gasteiger partial charge in [0.05, 0.1) is 38.6 Å². The number of benzene rings is 9. The Morgan fingerprint density at radius 1 is 0.446 bits per heavy atom. The monoisotopic (exact) mass is 827 g/mol. The second kappa shape index (κ2) is 13.3. The van der Waals surface area contributed by atoms with Gasteiger partial charge < -0.3 is 8.98 Å². The van der Waals surface area contributed by atoms with Crippen molar-refractivity contribution in [3.63, 3.8) is 0 Å². The molecule has 3 heterocycles. The molecule has 9 aromatic carbocycles. The first-order chi connectivity index (χ1) is 32.2. The zero-order valence-corrected chi connectivity index (χ0v) is 34.7. The molecule has 0 aliphatic heterocycles. The summed E-state index contributed by atoms with van der Waals surface area (Å²) >= 11 is 0. The number of fused-ring (bicyclic) bond motifs is 17. The Balaban J connectivity index is 1.12. The Kier molecular flexibility index (Phi) is 7.29. The highest BCUT2D eigenvalue weighted by Crippen LogP contribution is 2.65. The van der Waals surface area contributed by atoms with E-state index >= 15 is 0 Å². The molecule has 14 rings (SSSR count). The van der Waals surface area contributed by atoms with Crippen LogP contribution in [0.3, 0.4) is 0 Å². The molecule has 0 unspecified atom stereocenters. The number of nitriles is 1. The lowest BCUT2D eigenvalue weighted by Crippen LogP contribution is -2.26. The van der Waals surface area contributed by atoms with Gasteiger partial charge in [-0.3, -0.25) is 0 Å². The Hall–Kier alpha value is -8.92. The predicted octanol–water partition coefficient (Wildman–Crippen LogP) is 14.1. The van der Waals surface area contributed by atoms with Crippen LogP contribution in [0, 0.1) is 11.3 Å². The molecule has 0 amide bonds. The van der Waals surface area contributed by atoms with E-state index in [4.69, 9.17) is 19.4 Å². The quantitative estimate of drug-likeness (QED) is 0.176. The highest BCUT2D eigenvalue weighted by Gasteiger charge is 2.52. The first-order valence-electron chi connectivity index (χ1n) is 21.8. The average Bonchev–Trinajstić information content (AvgIpc) is 4.10. The molecule has 0 radical (unpaired) electrons. The molecular weight excluding hydrogens is 795 g/mol. The molecule has 2 aliphatic rings. The lowest BCUT2D eigenvalue weighted by Gasteiger charge is -2.31. The van der Waals surface area contributed by atoms with Crippen LogP contribution in [-0.2, 0) is 5.41 Å². The van der Waals surface area contributed by atoms with Crippen molar-refractivity contribution in [2.75, 3.05) is 0 Å². The first kappa shape index (κ1) is 35.7. The Morgan fingerprint density at radius 2 is 0.969 bits per heavy atom. The molecule has 0 N–H and O–H groups in total. The molecule has 300 valence electrons. The van der Waals surface area contributed by atoms with E-state index in [0.717, 1.165) is 49.4 Å². The molecule has 2 aliphatic carbocycles. The van der Waals surface area contributed by atoms with Crippen molar-refractivity contribution in [2.24, 2.45) is 0 Å². The number of rotatable bonds is 4. The molecule has 6 nitrogen and oxygen atoms in total. The molecule has 6 heteroatoms. The molecule has 1 spiro atoms. The number of nitrogens with zero attached hydrogens (tertiary/aromatic N) is 5. The minimum Gasteiger partial charge on any atom is -0.455 e. The summed E-state index contributed by atoms with van der Waals surface area (Å²) in [4.78, 5) is 15.2. The van der Waals surface area contributed by atoms with Gasteiger partial charge in [0, 0.05) is 27.3 Å². The van der Waals surface area contributed by atoms with Crippen LogP contribution in [0.2, 0.25) is 0 Å². The molecular formula is C59H33N5O. The van der Waals surface area contributed by atoms with Gasteiger partial charge in [-0.1, -0.05) is 176 Å². The first-order valence-corrected chi connectivity index (χ1v) is 21.8. The molecule has 0 fully saturated rings. The van der Waals surface area contributed by atoms with Crippen molar-refractivity contribution in [3.05, 3.63) is 228 Å². The van der Waals surface area contributed by atoms with E-state index in [1.54, 1.807) is 0 Å². The van der Waals surface area contributed by atoms with Crippen LogP contribution in [0.1, 0.15) is 27.8 Å². The number of furan rings is 1. The summed E-state index contributed by atoms with van der Waals surface area (Å²) in [6, 6.07) is 72.5. The van der Waals surface area contributed by atoms with Crippen LogP contribution >= 0.6 is 0 Å². The standard InChI is InChI=1S/C59H33N5O/c60-34-37-33-44(58-62-56(35-17-3-1-4-18-35)61-57(63-58)36-19-5-2-6-20-36)55-52(43-25-11-16-30-50(43)65-55)54(37)64-48-29-15-10-24-42(48)51-49(64)32-31-41-40-23-9-14-28-47(40)59(53(41)51)45-26-12-7-21-38(45)39-22-8-13-27-46(39)59/h1-33H. The Morgan fingerprint density at radius 3 is 1.60 bits per heavy atom. The molecule has 3 aromatic heterocycles. The van der Waals surface area contributed by atoms with Gasteiger partial charge in [-0.15, -0.1) is 0 Å². The smallest absolute Gasteiger partial charge is 0.167 e. The fourth-order valence-electron chi connectivity index (χ4n) is 11.2. The van der Waals surface area contributed by atoms with E-state index in [1.807, 2.05) is 84.9 Å². The number of aromatic nitrogens is 4. The lowest BCUT2D eigenvalue weighted by atomic mass is 9.69. The number of hydrogen-bond acceptors (Lipinski definition) is 5. The number of para-hydroxylation sites is 2. The van der Waals surface area contributed by atoms with Crippen LogP contribution < -0.4 is 0 Å². The third kappa shape index (κ3) is 4.73. The van der Waals surface area contributed by atoms with E-state index in [2.05, 4.69) is 126 Å². The average molecular weight is 828 g/mol. The van der Waals surface area contributed by atoms with E-state index < -0.39 is 5.41 Å². The van der Waals surface area contributed by atoms with Gasteiger partial charge in [0.1, 0.15) is 17.2 Å². The Bertz CT molecular complexity index is 3900. The summed E-state index contributed by atoms with van der Waals surface area (Å²) in [5.74, 6) is 1.48. The van der Waals surface area contributed by atoms with Crippen LogP contribution in [0.25, 0.3) is 106 Å². The van der Waals surface area contributed by atoms with Crippen LogP contribution in [0.4, 0.5) is 0 Å². The van der Waals surface area contributed by atoms with Crippen molar-refractivity contribution >= 4 is 43.7 Å². The minimum absolute atomic E-state index is 0.420. The van der Waals surface area contributed by atoms with Gasteiger partial charge in [-0.05, 0) is 68.8 Å². The van der Waals surface area contributed by atoms with Crippen molar-refractivity contribution in [1.29, 1.82) is 5.26 Å². The van der Waals surface area contributed by atoms with Crippen molar-refractivity contribution in [2.45, 2.75) is 5.41 Å². The van der Waals surface area contributed by atoms with Crippen molar-refractivity contribution in [1.82, 2.24) is 19.5 Å². The van der Waals surface area contributed by atoms with Gasteiger partial charge in [0.2, 0.25) is 0 Å². The largest absolute Gasteiger partial charge is 0.455 e. The highest BCUT2D eigenvalue weighted by molar-refractivity contribution is 6.20. The normalized spacial score (nSPS) is 13.0. The van der Waals surface area contributed by atoms with Crippen LogP contribution in [-0.4, -0.2) is 19.5 Å². The Labute approximate surface area is 373 Å². The number of hydrogen-bond donors (Lipinski definition) is 0. The van der Waals surface area contributed by atoms with Crippen molar-refractivity contribution in [3.8, 4) is 68.2 Å². The summed E-state index contributed by atoms with van der Waals surface area (Å²) in [5.41, 5.74) is 16.4. The zero-order chi connectivity index (χ0) is 42.8. The molecule has 0 bridgehead atoms. The van der Waals surface area contributed by atoms with E-state index in [1.165, 1.54) is 44.5 Å². The maximum atomic E-state index is 11.5. The van der Waals surface area contributed by atoms with Crippen LogP contribution in [0.15, 0.2) is 205 Å². The van der Waals surface area contributed by atoms with Crippen molar-refractivity contribution < 1.29 is 4.42 Å². The van der Waals surface area contributed by atoms with Gasteiger partial charge in [-0.25, -0.2) is 15.0 Å². The third-order valence-corrected chi connectivity index (χ3v) is 13.7. The maximum absolute atomic E-state index is 11.5. The highest BCUT2D eigenvalue weighted by atomic mass is 16.3. The summed E-state index contributed by atoms with van der Waals surface area (Å²) in [6.07, 6.45) is 0. The fraction of sp³-hybridized carbons (Fsp3) is 0.0169. The second-order valence-corrected chi connectivity index (χ2v) is 16.9. The molecule has 12 aromatic rings. The third-order valence-electron chi connectivity index (χ3n) is 13.7. The van der Waals surface area contributed by atoms with Gasteiger partial charge in [0.15, 0.2) is 17.5 Å². The summed E-state index contributed by atoms with van der Waals surface area (Å²) < 4.78 is 9.24. The van der Waals surface area contributed by atoms with Crippen LogP contribution in [0.5, 0.6) is 0 Å². The predicted molar refractivity (Wildman–Crippen MR) is 259 cm³/mol. The summed E-state index contributed by atoms with van der Waals surface area (Å²) in [6.45, 7) is 0. The van der Waals surface area contributed by atoms with E-state index in [9.17, 15) is 5.26 Å². The van der Waals surface area contributed by atoms with E-state index in [0.29, 0.717) is 39.8 Å². The van der Waals surface area contributed by atoms with Gasteiger partial charge in [0.25, 0.3) is 0 Å².